The van der Waals surface area contributed by atoms with E-state index in [-0.39, 0.29) is 18.2 Å². The molecule has 138 valence electrons. The summed E-state index contributed by atoms with van der Waals surface area (Å²) in [5.74, 6) is -0.428. The van der Waals surface area contributed by atoms with Crippen LogP contribution in [0, 0.1) is 11.0 Å². The largest absolute Gasteiger partial charge is 0.619 e. The summed E-state index contributed by atoms with van der Waals surface area (Å²) in [6, 6.07) is 9.66. The fourth-order valence-corrected chi connectivity index (χ4v) is 3.43. The molecule has 2 aromatic carbocycles. The number of ether oxygens (including phenoxy) is 1. The average molecular weight is 376 g/mol. The summed E-state index contributed by atoms with van der Waals surface area (Å²) < 4.78 is 20.3. The summed E-state index contributed by atoms with van der Waals surface area (Å²) >= 11 is 0. The third-order valence-electron chi connectivity index (χ3n) is 4.63. The predicted molar refractivity (Wildman–Crippen MR) is 101 cm³/mol. The molecule has 0 spiro atoms. The molecule has 2 N–H and O–H groups in total. The highest BCUT2D eigenvalue weighted by Crippen LogP contribution is 2.33. The number of hydrogen-bond acceptors (Lipinski definition) is 4. The summed E-state index contributed by atoms with van der Waals surface area (Å²) in [6.07, 6.45) is 4.33. The first-order valence-corrected chi connectivity index (χ1v) is 8.53. The highest BCUT2D eigenvalue weighted by molar-refractivity contribution is 6.23. The zero-order valence-corrected chi connectivity index (χ0v) is 14.4. The van der Waals surface area contributed by atoms with Gasteiger partial charge in [0.25, 0.3) is 11.6 Å². The van der Waals surface area contributed by atoms with E-state index < -0.39 is 5.82 Å². The number of nitrogens with one attached hydrogen (secondary N) is 2. The minimum Gasteiger partial charge on any atom is -0.619 e. The van der Waals surface area contributed by atoms with Gasteiger partial charge in [0.1, 0.15) is 17.9 Å². The van der Waals surface area contributed by atoms with Gasteiger partial charge in [-0.25, -0.2) is 4.39 Å². The van der Waals surface area contributed by atoms with Crippen molar-refractivity contribution in [3.05, 3.63) is 81.9 Å². The molecule has 0 aliphatic rings. The second kappa shape index (κ2) is 6.05. The van der Waals surface area contributed by atoms with Crippen molar-refractivity contribution in [2.24, 2.45) is 0 Å². The van der Waals surface area contributed by atoms with Gasteiger partial charge in [-0.2, -0.15) is 9.71 Å². The smallest absolute Gasteiger partial charge is 0.294 e. The third kappa shape index (κ3) is 2.54. The molecule has 5 rings (SSSR count). The van der Waals surface area contributed by atoms with Crippen molar-refractivity contribution in [2.45, 2.75) is 6.61 Å². The van der Waals surface area contributed by atoms with Crippen molar-refractivity contribution >= 4 is 32.6 Å². The van der Waals surface area contributed by atoms with Crippen LogP contribution in [0.2, 0.25) is 0 Å². The molecule has 0 aliphatic carbocycles. The van der Waals surface area contributed by atoms with E-state index in [0.29, 0.717) is 42.9 Å². The molecule has 7 nitrogen and oxygen atoms in total. The van der Waals surface area contributed by atoms with Gasteiger partial charge in [0.05, 0.1) is 16.5 Å². The predicted octanol–water partition coefficient (Wildman–Crippen LogP) is 2.91. The number of halogens is 1. The first kappa shape index (κ1) is 16.2. The van der Waals surface area contributed by atoms with Gasteiger partial charge >= 0.3 is 0 Å². The van der Waals surface area contributed by atoms with Crippen LogP contribution in [0.1, 0.15) is 5.56 Å². The van der Waals surface area contributed by atoms with Crippen molar-refractivity contribution in [1.82, 2.24) is 15.0 Å². The van der Waals surface area contributed by atoms with Gasteiger partial charge in [0.2, 0.25) is 0 Å². The molecule has 0 saturated heterocycles. The SMILES string of the molecule is O=c1[nH]ccc2c3nc(OCc4ccc[n+]([O-])c4)[nH]c3c3ccc(F)cc3c12. The van der Waals surface area contributed by atoms with E-state index >= 15 is 0 Å². The van der Waals surface area contributed by atoms with E-state index in [2.05, 4.69) is 15.0 Å². The van der Waals surface area contributed by atoms with Crippen molar-refractivity contribution in [3.63, 3.8) is 0 Å². The summed E-state index contributed by atoms with van der Waals surface area (Å²) in [4.78, 5) is 22.6. The van der Waals surface area contributed by atoms with Gasteiger partial charge in [0, 0.05) is 28.4 Å². The summed E-state index contributed by atoms with van der Waals surface area (Å²) in [5, 5.41) is 13.5. The van der Waals surface area contributed by atoms with Gasteiger partial charge < -0.3 is 19.9 Å². The number of rotatable bonds is 3. The lowest BCUT2D eigenvalue weighted by Crippen LogP contribution is -2.25. The lowest BCUT2D eigenvalue weighted by atomic mass is 10.0. The molecule has 0 radical (unpaired) electrons. The Bertz CT molecular complexity index is 1420. The van der Waals surface area contributed by atoms with Crippen LogP contribution in [0.25, 0.3) is 32.6 Å². The molecule has 0 amide bonds. The number of pyridine rings is 2. The molecule has 0 bridgehead atoms. The molecular weight excluding hydrogens is 363 g/mol. The Morgan fingerprint density at radius 1 is 1.18 bits per heavy atom. The van der Waals surface area contributed by atoms with E-state index in [1.165, 1.54) is 30.7 Å². The zero-order chi connectivity index (χ0) is 19.3. The normalized spacial score (nSPS) is 11.5. The minimum atomic E-state index is -0.428. The molecule has 0 atom stereocenters. The number of imidazole rings is 1. The Hall–Kier alpha value is -3.94. The Balaban J connectivity index is 1.70. The second-order valence-corrected chi connectivity index (χ2v) is 6.41. The first-order chi connectivity index (χ1) is 13.6. The molecule has 8 heteroatoms. The van der Waals surface area contributed by atoms with E-state index in [1.807, 2.05) is 0 Å². The first-order valence-electron chi connectivity index (χ1n) is 8.53. The van der Waals surface area contributed by atoms with Gasteiger partial charge in [-0.05, 0) is 30.3 Å². The molecule has 0 unspecified atom stereocenters. The van der Waals surface area contributed by atoms with Gasteiger partial charge in [-0.1, -0.05) is 0 Å². The van der Waals surface area contributed by atoms with E-state index in [4.69, 9.17) is 4.74 Å². The van der Waals surface area contributed by atoms with Crippen LogP contribution in [0.15, 0.2) is 59.8 Å². The summed E-state index contributed by atoms with van der Waals surface area (Å²) in [5.41, 5.74) is 1.58. The van der Waals surface area contributed by atoms with Crippen molar-refractivity contribution in [2.75, 3.05) is 0 Å². The van der Waals surface area contributed by atoms with E-state index in [0.717, 1.165) is 0 Å². The standard InChI is InChI=1S/C20H13FN4O3/c21-12-3-4-13-15(8-12)16-14(5-6-22-19(16)26)18-17(13)23-20(24-18)28-10-11-2-1-7-25(27)9-11/h1-9H,10H2,(H,22,26)(H,23,24). The third-order valence-corrected chi connectivity index (χ3v) is 4.63. The van der Waals surface area contributed by atoms with Crippen LogP contribution in [0.5, 0.6) is 6.01 Å². The van der Waals surface area contributed by atoms with E-state index in [9.17, 15) is 14.4 Å². The number of nitrogens with zero attached hydrogens (tertiary/aromatic N) is 2. The van der Waals surface area contributed by atoms with Crippen LogP contribution < -0.4 is 15.0 Å². The fourth-order valence-electron chi connectivity index (χ4n) is 3.43. The Morgan fingerprint density at radius 2 is 2.07 bits per heavy atom. The Morgan fingerprint density at radius 3 is 2.93 bits per heavy atom. The maximum absolute atomic E-state index is 13.9. The molecule has 0 aliphatic heterocycles. The molecule has 3 heterocycles. The van der Waals surface area contributed by atoms with Crippen molar-refractivity contribution in [3.8, 4) is 6.01 Å². The van der Waals surface area contributed by atoms with Crippen LogP contribution in [0.3, 0.4) is 0 Å². The molecular formula is C20H13FN4O3. The van der Waals surface area contributed by atoms with Crippen LogP contribution in [-0.2, 0) is 6.61 Å². The maximum atomic E-state index is 13.9. The lowest BCUT2D eigenvalue weighted by molar-refractivity contribution is -0.606. The Labute approximate surface area is 156 Å². The fraction of sp³-hybridized carbons (Fsp3) is 0.0500. The van der Waals surface area contributed by atoms with Crippen LogP contribution in [-0.4, -0.2) is 15.0 Å². The van der Waals surface area contributed by atoms with Crippen molar-refractivity contribution < 1.29 is 13.9 Å². The topological polar surface area (TPSA) is 97.7 Å². The molecule has 3 aromatic heterocycles. The maximum Gasteiger partial charge on any atom is 0.294 e. The second-order valence-electron chi connectivity index (χ2n) is 6.41. The molecule has 0 fully saturated rings. The molecule has 28 heavy (non-hydrogen) atoms. The number of benzene rings is 2. The quantitative estimate of drug-likeness (QED) is 0.287. The average Bonchev–Trinajstić information content (AvgIpc) is 3.11. The van der Waals surface area contributed by atoms with E-state index in [1.54, 1.807) is 24.3 Å². The van der Waals surface area contributed by atoms with Gasteiger partial charge in [-0.3, -0.25) is 4.79 Å². The minimum absolute atomic E-state index is 0.147. The monoisotopic (exact) mass is 376 g/mol. The number of hydrogen-bond donors (Lipinski definition) is 2. The zero-order valence-electron chi connectivity index (χ0n) is 14.4. The highest BCUT2D eigenvalue weighted by atomic mass is 19.1. The van der Waals surface area contributed by atoms with Gasteiger partial charge in [-0.15, -0.1) is 0 Å². The number of aromatic amines is 2. The number of aromatic nitrogens is 4. The molecule has 5 aromatic rings. The molecule has 0 saturated carbocycles. The summed E-state index contributed by atoms with van der Waals surface area (Å²) in [6.45, 7) is 0.147. The Kier molecular flexibility index (Phi) is 3.51. The highest BCUT2D eigenvalue weighted by Gasteiger charge is 2.16. The van der Waals surface area contributed by atoms with Crippen LogP contribution >= 0.6 is 0 Å². The lowest BCUT2D eigenvalue weighted by Gasteiger charge is -2.05. The van der Waals surface area contributed by atoms with Gasteiger partial charge in [0.15, 0.2) is 12.4 Å². The number of H-pyrrole nitrogens is 2. The number of fused-ring (bicyclic) bond motifs is 6. The van der Waals surface area contributed by atoms with Crippen molar-refractivity contribution in [1.29, 1.82) is 0 Å². The van der Waals surface area contributed by atoms with Crippen LogP contribution in [0.4, 0.5) is 4.39 Å². The summed E-state index contributed by atoms with van der Waals surface area (Å²) in [7, 11) is 0.